The van der Waals surface area contributed by atoms with Crippen LogP contribution in [0.5, 0.6) is 0 Å². The van der Waals surface area contributed by atoms with Gasteiger partial charge in [-0.3, -0.25) is 4.79 Å². The molecule has 1 amide bonds. The summed E-state index contributed by atoms with van der Waals surface area (Å²) in [6.07, 6.45) is 1.99. The molecule has 21 heavy (non-hydrogen) atoms. The molecule has 0 radical (unpaired) electrons. The summed E-state index contributed by atoms with van der Waals surface area (Å²) >= 11 is 7.70. The zero-order valence-electron chi connectivity index (χ0n) is 11.9. The summed E-state index contributed by atoms with van der Waals surface area (Å²) in [6.45, 7) is 3.44. The molecule has 1 aromatic rings. The molecule has 0 unspecified atom stereocenters. The van der Waals surface area contributed by atoms with E-state index >= 15 is 0 Å². The molecular formula is C14H19ClN4OS. The summed E-state index contributed by atoms with van der Waals surface area (Å²) in [4.78, 5) is 16.8. The molecule has 2 saturated heterocycles. The van der Waals surface area contributed by atoms with Gasteiger partial charge in [-0.1, -0.05) is 11.6 Å². The summed E-state index contributed by atoms with van der Waals surface area (Å²) in [5.41, 5.74) is 0. The van der Waals surface area contributed by atoms with E-state index < -0.39 is 0 Å². The Labute approximate surface area is 134 Å². The molecule has 1 atom stereocenters. The lowest BCUT2D eigenvalue weighted by Gasteiger charge is -2.36. The largest absolute Gasteiger partial charge is 0.354 e. The maximum atomic E-state index is 12.6. The van der Waals surface area contributed by atoms with E-state index in [0.717, 1.165) is 56.3 Å². The van der Waals surface area contributed by atoms with Crippen LogP contribution >= 0.6 is 23.4 Å². The van der Waals surface area contributed by atoms with Crippen molar-refractivity contribution in [2.45, 2.75) is 12.8 Å². The molecule has 5 nitrogen and oxygen atoms in total. The lowest BCUT2D eigenvalue weighted by atomic mass is 9.96. The van der Waals surface area contributed by atoms with E-state index in [1.165, 1.54) is 0 Å². The van der Waals surface area contributed by atoms with Crippen molar-refractivity contribution in [1.82, 2.24) is 15.1 Å². The Kier molecular flexibility index (Phi) is 4.85. The van der Waals surface area contributed by atoms with Crippen LogP contribution < -0.4 is 4.90 Å². The van der Waals surface area contributed by atoms with E-state index in [1.807, 2.05) is 22.7 Å². The first kappa shape index (κ1) is 14.9. The van der Waals surface area contributed by atoms with Gasteiger partial charge in [-0.05, 0) is 25.0 Å². The lowest BCUT2D eigenvalue weighted by Crippen LogP contribution is -2.47. The Morgan fingerprint density at radius 1 is 1.24 bits per heavy atom. The van der Waals surface area contributed by atoms with Gasteiger partial charge in [0.15, 0.2) is 11.0 Å². The number of nitrogens with zero attached hydrogens (tertiary/aromatic N) is 4. The molecule has 2 aliphatic heterocycles. The summed E-state index contributed by atoms with van der Waals surface area (Å²) in [5.74, 6) is 3.32. The van der Waals surface area contributed by atoms with Crippen molar-refractivity contribution in [3.05, 3.63) is 17.3 Å². The minimum atomic E-state index is 0.0827. The van der Waals surface area contributed by atoms with Gasteiger partial charge in [0, 0.05) is 37.7 Å². The number of halogens is 1. The molecule has 0 bridgehead atoms. The van der Waals surface area contributed by atoms with Crippen molar-refractivity contribution in [1.29, 1.82) is 0 Å². The first-order valence-electron chi connectivity index (χ1n) is 7.35. The maximum absolute atomic E-state index is 12.6. The van der Waals surface area contributed by atoms with E-state index in [0.29, 0.717) is 11.1 Å². The summed E-state index contributed by atoms with van der Waals surface area (Å²) in [6, 6.07) is 3.62. The van der Waals surface area contributed by atoms with E-state index in [-0.39, 0.29) is 5.92 Å². The Morgan fingerprint density at radius 2 is 2.05 bits per heavy atom. The molecule has 114 valence electrons. The number of thioether (sulfide) groups is 1. The highest BCUT2D eigenvalue weighted by atomic mass is 35.5. The zero-order chi connectivity index (χ0) is 14.7. The second-order valence-electron chi connectivity index (χ2n) is 5.44. The molecule has 3 heterocycles. The molecule has 0 aromatic carbocycles. The number of hydrogen-bond acceptors (Lipinski definition) is 5. The number of hydrogen-bond donors (Lipinski definition) is 0. The van der Waals surface area contributed by atoms with Crippen molar-refractivity contribution in [3.63, 3.8) is 0 Å². The van der Waals surface area contributed by atoms with E-state index in [2.05, 4.69) is 15.1 Å². The fourth-order valence-electron chi connectivity index (χ4n) is 2.91. The normalized spacial score (nSPS) is 23.2. The van der Waals surface area contributed by atoms with Gasteiger partial charge >= 0.3 is 0 Å². The van der Waals surface area contributed by atoms with Crippen LogP contribution in [0.2, 0.25) is 5.15 Å². The molecule has 2 fully saturated rings. The van der Waals surface area contributed by atoms with Crippen molar-refractivity contribution in [2.75, 3.05) is 42.6 Å². The van der Waals surface area contributed by atoms with Crippen LogP contribution in [0.1, 0.15) is 12.8 Å². The first-order chi connectivity index (χ1) is 10.2. The number of rotatable bonds is 2. The SMILES string of the molecule is O=C([C@@H]1CCCN(c2ccc(Cl)nn2)C1)N1CCSCC1. The predicted octanol–water partition coefficient (Wildman–Crippen LogP) is 1.92. The van der Waals surface area contributed by atoms with Gasteiger partial charge in [-0.2, -0.15) is 11.8 Å². The number of piperidine rings is 1. The quantitative estimate of drug-likeness (QED) is 0.831. The number of carbonyl (C=O) groups is 1. The monoisotopic (exact) mass is 326 g/mol. The molecule has 0 aliphatic carbocycles. The Hall–Kier alpha value is -1.01. The third-order valence-corrected chi connectivity index (χ3v) is 5.18. The Morgan fingerprint density at radius 3 is 2.76 bits per heavy atom. The van der Waals surface area contributed by atoms with E-state index in [4.69, 9.17) is 11.6 Å². The topological polar surface area (TPSA) is 49.3 Å². The minimum absolute atomic E-state index is 0.0827. The van der Waals surface area contributed by atoms with Gasteiger partial charge in [-0.25, -0.2) is 0 Å². The maximum Gasteiger partial charge on any atom is 0.227 e. The standard InChI is InChI=1S/C14H19ClN4OS/c15-12-3-4-13(17-16-12)19-5-1-2-11(10-19)14(20)18-6-8-21-9-7-18/h3-4,11H,1-2,5-10H2/t11-/m1/s1. The van der Waals surface area contributed by atoms with Crippen LogP contribution in [-0.4, -0.2) is 58.7 Å². The fourth-order valence-corrected chi connectivity index (χ4v) is 3.91. The molecule has 1 aromatic heterocycles. The van der Waals surface area contributed by atoms with Crippen molar-refractivity contribution in [3.8, 4) is 0 Å². The smallest absolute Gasteiger partial charge is 0.227 e. The van der Waals surface area contributed by atoms with Crippen LogP contribution in [0, 0.1) is 5.92 Å². The first-order valence-corrected chi connectivity index (χ1v) is 8.88. The Bertz CT molecular complexity index is 492. The van der Waals surface area contributed by atoms with Gasteiger partial charge < -0.3 is 9.80 Å². The van der Waals surface area contributed by atoms with Crippen molar-refractivity contribution in [2.24, 2.45) is 5.92 Å². The van der Waals surface area contributed by atoms with Crippen LogP contribution in [-0.2, 0) is 4.79 Å². The van der Waals surface area contributed by atoms with E-state index in [1.54, 1.807) is 6.07 Å². The van der Waals surface area contributed by atoms with Crippen LogP contribution in [0.15, 0.2) is 12.1 Å². The highest BCUT2D eigenvalue weighted by molar-refractivity contribution is 7.99. The zero-order valence-corrected chi connectivity index (χ0v) is 13.4. The number of anilines is 1. The average molecular weight is 327 g/mol. The van der Waals surface area contributed by atoms with Crippen molar-refractivity contribution < 1.29 is 4.79 Å². The highest BCUT2D eigenvalue weighted by Crippen LogP contribution is 2.24. The lowest BCUT2D eigenvalue weighted by molar-refractivity contribution is -0.135. The minimum Gasteiger partial charge on any atom is -0.354 e. The van der Waals surface area contributed by atoms with Crippen molar-refractivity contribution >= 4 is 35.1 Å². The van der Waals surface area contributed by atoms with Gasteiger partial charge in [0.25, 0.3) is 0 Å². The molecule has 0 saturated carbocycles. The molecule has 7 heteroatoms. The van der Waals surface area contributed by atoms with Crippen LogP contribution in [0.3, 0.4) is 0 Å². The van der Waals surface area contributed by atoms with Crippen LogP contribution in [0.4, 0.5) is 5.82 Å². The summed E-state index contributed by atoms with van der Waals surface area (Å²) in [5, 5.41) is 8.41. The predicted molar refractivity (Wildman–Crippen MR) is 85.9 cm³/mol. The second kappa shape index (κ2) is 6.83. The third kappa shape index (κ3) is 3.61. The number of carbonyl (C=O) groups excluding carboxylic acids is 1. The summed E-state index contributed by atoms with van der Waals surface area (Å²) < 4.78 is 0. The molecule has 0 spiro atoms. The van der Waals surface area contributed by atoms with Gasteiger partial charge in [0.1, 0.15) is 0 Å². The summed E-state index contributed by atoms with van der Waals surface area (Å²) in [7, 11) is 0. The average Bonchev–Trinajstić information content (AvgIpc) is 2.56. The second-order valence-corrected chi connectivity index (χ2v) is 7.05. The van der Waals surface area contributed by atoms with Gasteiger partial charge in [0.05, 0.1) is 5.92 Å². The fraction of sp³-hybridized carbons (Fsp3) is 0.643. The van der Waals surface area contributed by atoms with Gasteiger partial charge in [0.2, 0.25) is 5.91 Å². The number of aromatic nitrogens is 2. The highest BCUT2D eigenvalue weighted by Gasteiger charge is 2.30. The van der Waals surface area contributed by atoms with E-state index in [9.17, 15) is 4.79 Å². The third-order valence-electron chi connectivity index (χ3n) is 4.04. The van der Waals surface area contributed by atoms with Gasteiger partial charge in [-0.15, -0.1) is 10.2 Å². The molecule has 0 N–H and O–H groups in total. The number of amides is 1. The Balaban J connectivity index is 1.64. The molecular weight excluding hydrogens is 308 g/mol. The molecule has 2 aliphatic rings. The van der Waals surface area contributed by atoms with Crippen LogP contribution in [0.25, 0.3) is 0 Å². The molecule has 3 rings (SSSR count).